The number of benzene rings is 1. The van der Waals surface area contributed by atoms with Gasteiger partial charge in [0, 0.05) is 36.2 Å². The summed E-state index contributed by atoms with van der Waals surface area (Å²) in [7, 11) is 0. The Morgan fingerprint density at radius 2 is 2.15 bits per heavy atom. The molecule has 1 aromatic carbocycles. The van der Waals surface area contributed by atoms with Crippen molar-refractivity contribution in [2.24, 2.45) is 0 Å². The van der Waals surface area contributed by atoms with Gasteiger partial charge in [0.15, 0.2) is 0 Å². The van der Waals surface area contributed by atoms with Gasteiger partial charge in [0.1, 0.15) is 12.4 Å². The van der Waals surface area contributed by atoms with E-state index < -0.39 is 0 Å². The fraction of sp³-hybridized carbons (Fsp3) is 0.600. The number of nitrogens with one attached hydrogen (secondary N) is 1. The molecule has 0 spiro atoms. The lowest BCUT2D eigenvalue weighted by molar-refractivity contribution is 0.0322. The molecule has 20 heavy (non-hydrogen) atoms. The zero-order valence-corrected chi connectivity index (χ0v) is 13.6. The van der Waals surface area contributed by atoms with Gasteiger partial charge in [-0.05, 0) is 24.7 Å². The lowest BCUT2D eigenvalue weighted by atomic mass is 10.2. The van der Waals surface area contributed by atoms with E-state index in [1.807, 2.05) is 12.1 Å². The minimum Gasteiger partial charge on any atom is -0.492 e. The second-order valence-corrected chi connectivity index (χ2v) is 5.75. The highest BCUT2D eigenvalue weighted by molar-refractivity contribution is 9.10. The molecule has 0 aliphatic carbocycles. The monoisotopic (exact) mass is 342 g/mol. The van der Waals surface area contributed by atoms with Crippen LogP contribution in [0.4, 0.5) is 0 Å². The molecule has 1 fully saturated rings. The number of halogens is 1. The zero-order valence-electron chi connectivity index (χ0n) is 12.0. The molecule has 2 rings (SSSR count). The van der Waals surface area contributed by atoms with Crippen molar-refractivity contribution in [3.63, 3.8) is 0 Å². The Labute approximate surface area is 129 Å². The van der Waals surface area contributed by atoms with Crippen molar-refractivity contribution in [2.75, 3.05) is 46.0 Å². The van der Waals surface area contributed by atoms with Crippen molar-refractivity contribution in [3.8, 4) is 5.75 Å². The molecule has 0 bridgehead atoms. The van der Waals surface area contributed by atoms with Crippen LogP contribution in [0.1, 0.15) is 12.5 Å². The topological polar surface area (TPSA) is 33.7 Å². The summed E-state index contributed by atoms with van der Waals surface area (Å²) >= 11 is 3.51. The molecule has 1 aliphatic heterocycles. The smallest absolute Gasteiger partial charge is 0.123 e. The second kappa shape index (κ2) is 8.62. The van der Waals surface area contributed by atoms with Gasteiger partial charge in [-0.1, -0.05) is 22.9 Å². The number of hydrogen-bond acceptors (Lipinski definition) is 4. The molecule has 1 N–H and O–H groups in total. The van der Waals surface area contributed by atoms with Crippen LogP contribution in [0.25, 0.3) is 0 Å². The minimum absolute atomic E-state index is 0.723. The third kappa shape index (κ3) is 5.05. The molecule has 0 aromatic heterocycles. The average Bonchev–Trinajstić information content (AvgIpc) is 2.48. The largest absolute Gasteiger partial charge is 0.492 e. The Bertz CT molecular complexity index is 409. The van der Waals surface area contributed by atoms with Gasteiger partial charge >= 0.3 is 0 Å². The van der Waals surface area contributed by atoms with Gasteiger partial charge in [-0.2, -0.15) is 0 Å². The molecule has 0 atom stereocenters. The van der Waals surface area contributed by atoms with Crippen LogP contribution >= 0.6 is 15.9 Å². The highest BCUT2D eigenvalue weighted by atomic mass is 79.9. The van der Waals surface area contributed by atoms with Gasteiger partial charge in [-0.25, -0.2) is 0 Å². The molecular weight excluding hydrogens is 320 g/mol. The molecule has 4 nitrogen and oxygen atoms in total. The molecule has 0 unspecified atom stereocenters. The lowest BCUT2D eigenvalue weighted by Gasteiger charge is -2.26. The standard InChI is InChI=1S/C15H23BrN2O2/c1-2-17-12-13-11-14(16)3-4-15(13)20-10-7-18-5-8-19-9-6-18/h3-4,11,17H,2,5-10,12H2,1H3. The second-order valence-electron chi connectivity index (χ2n) is 4.83. The highest BCUT2D eigenvalue weighted by Crippen LogP contribution is 2.23. The first-order chi connectivity index (χ1) is 9.79. The van der Waals surface area contributed by atoms with E-state index in [0.717, 1.165) is 62.8 Å². The summed E-state index contributed by atoms with van der Waals surface area (Å²) in [5, 5.41) is 3.34. The Morgan fingerprint density at radius 1 is 1.35 bits per heavy atom. The number of rotatable bonds is 7. The van der Waals surface area contributed by atoms with Crippen molar-refractivity contribution in [3.05, 3.63) is 28.2 Å². The fourth-order valence-corrected chi connectivity index (χ4v) is 2.60. The van der Waals surface area contributed by atoms with E-state index in [0.29, 0.717) is 0 Å². The molecule has 0 saturated carbocycles. The van der Waals surface area contributed by atoms with Gasteiger partial charge < -0.3 is 14.8 Å². The molecule has 0 amide bonds. The van der Waals surface area contributed by atoms with Crippen LogP contribution in [0.5, 0.6) is 5.75 Å². The Morgan fingerprint density at radius 3 is 2.90 bits per heavy atom. The molecule has 112 valence electrons. The van der Waals surface area contributed by atoms with Crippen LogP contribution in [0.15, 0.2) is 22.7 Å². The fourth-order valence-electron chi connectivity index (χ4n) is 2.20. The predicted molar refractivity (Wildman–Crippen MR) is 84.3 cm³/mol. The SMILES string of the molecule is CCNCc1cc(Br)ccc1OCCN1CCOCC1. The van der Waals surface area contributed by atoms with Gasteiger partial charge in [0.2, 0.25) is 0 Å². The van der Waals surface area contributed by atoms with Gasteiger partial charge in [-0.15, -0.1) is 0 Å². The van der Waals surface area contributed by atoms with Crippen molar-refractivity contribution in [1.82, 2.24) is 10.2 Å². The highest BCUT2D eigenvalue weighted by Gasteiger charge is 2.10. The molecule has 1 aliphatic rings. The number of nitrogens with zero attached hydrogens (tertiary/aromatic N) is 1. The average molecular weight is 343 g/mol. The Kier molecular flexibility index (Phi) is 6.79. The van der Waals surface area contributed by atoms with Gasteiger partial charge in [0.25, 0.3) is 0 Å². The molecule has 5 heteroatoms. The first-order valence-electron chi connectivity index (χ1n) is 7.21. The Hall–Kier alpha value is -0.620. The Balaban J connectivity index is 1.84. The summed E-state index contributed by atoms with van der Waals surface area (Å²) in [6, 6.07) is 6.18. The minimum atomic E-state index is 0.723. The first kappa shape index (κ1) is 15.8. The van der Waals surface area contributed by atoms with Crippen LogP contribution in [-0.4, -0.2) is 50.9 Å². The summed E-state index contributed by atoms with van der Waals surface area (Å²) in [4.78, 5) is 2.38. The van der Waals surface area contributed by atoms with E-state index in [1.165, 1.54) is 5.56 Å². The number of hydrogen-bond donors (Lipinski definition) is 1. The van der Waals surface area contributed by atoms with Crippen LogP contribution in [-0.2, 0) is 11.3 Å². The summed E-state index contributed by atoms with van der Waals surface area (Å²) in [5.74, 6) is 0.974. The van der Waals surface area contributed by atoms with E-state index in [9.17, 15) is 0 Å². The predicted octanol–water partition coefficient (Wildman–Crippen LogP) is 2.27. The maximum absolute atomic E-state index is 5.95. The lowest BCUT2D eigenvalue weighted by Crippen LogP contribution is -2.38. The third-order valence-electron chi connectivity index (χ3n) is 3.36. The van der Waals surface area contributed by atoms with Crippen molar-refractivity contribution in [2.45, 2.75) is 13.5 Å². The normalized spacial score (nSPS) is 16.3. The molecule has 1 heterocycles. The maximum atomic E-state index is 5.95. The van der Waals surface area contributed by atoms with E-state index >= 15 is 0 Å². The molecule has 1 saturated heterocycles. The third-order valence-corrected chi connectivity index (χ3v) is 3.85. The van der Waals surface area contributed by atoms with Crippen LogP contribution < -0.4 is 10.1 Å². The summed E-state index contributed by atoms with van der Waals surface area (Å²) in [6.07, 6.45) is 0. The van der Waals surface area contributed by atoms with Crippen molar-refractivity contribution >= 4 is 15.9 Å². The van der Waals surface area contributed by atoms with Crippen molar-refractivity contribution in [1.29, 1.82) is 0 Å². The maximum Gasteiger partial charge on any atom is 0.123 e. The first-order valence-corrected chi connectivity index (χ1v) is 8.01. The summed E-state index contributed by atoms with van der Waals surface area (Å²) in [5.41, 5.74) is 1.20. The van der Waals surface area contributed by atoms with E-state index in [4.69, 9.17) is 9.47 Å². The molecular formula is C15H23BrN2O2. The molecule has 0 radical (unpaired) electrons. The van der Waals surface area contributed by atoms with Crippen LogP contribution in [0.2, 0.25) is 0 Å². The van der Waals surface area contributed by atoms with E-state index in [2.05, 4.69) is 39.1 Å². The zero-order chi connectivity index (χ0) is 14.2. The summed E-state index contributed by atoms with van der Waals surface area (Å²) < 4.78 is 12.4. The molecule has 1 aromatic rings. The van der Waals surface area contributed by atoms with Crippen molar-refractivity contribution < 1.29 is 9.47 Å². The van der Waals surface area contributed by atoms with E-state index in [1.54, 1.807) is 0 Å². The number of ether oxygens (including phenoxy) is 2. The summed E-state index contributed by atoms with van der Waals surface area (Å²) in [6.45, 7) is 9.27. The quantitative estimate of drug-likeness (QED) is 0.824. The van der Waals surface area contributed by atoms with Gasteiger partial charge in [0.05, 0.1) is 13.2 Å². The van der Waals surface area contributed by atoms with E-state index in [-0.39, 0.29) is 0 Å². The van der Waals surface area contributed by atoms with Crippen LogP contribution in [0, 0.1) is 0 Å². The van der Waals surface area contributed by atoms with Crippen LogP contribution in [0.3, 0.4) is 0 Å². The van der Waals surface area contributed by atoms with Gasteiger partial charge in [-0.3, -0.25) is 4.90 Å². The number of morpholine rings is 1.